The van der Waals surface area contributed by atoms with Gasteiger partial charge in [0.15, 0.2) is 6.79 Å². The maximum Gasteiger partial charge on any atom is 0.252 e. The second-order valence-electron chi connectivity index (χ2n) is 5.05. The summed E-state index contributed by atoms with van der Waals surface area (Å²) in [6.07, 6.45) is 7.00. The van der Waals surface area contributed by atoms with E-state index in [0.717, 1.165) is 17.1 Å². The Bertz CT molecular complexity index is 628. The van der Waals surface area contributed by atoms with E-state index in [1.54, 1.807) is 18.1 Å². The number of carbonyl (C=O) groups is 1. The van der Waals surface area contributed by atoms with Gasteiger partial charge >= 0.3 is 0 Å². The molecule has 0 unspecified atom stereocenters. The second kappa shape index (κ2) is 11.0. The summed E-state index contributed by atoms with van der Waals surface area (Å²) in [5.41, 5.74) is 1.01. The fourth-order valence-corrected chi connectivity index (χ4v) is 3.19. The van der Waals surface area contributed by atoms with E-state index in [1.165, 1.54) is 17.8 Å². The van der Waals surface area contributed by atoms with Gasteiger partial charge in [-0.05, 0) is 17.7 Å². The molecular formula is C18H21NO4S2. The van der Waals surface area contributed by atoms with Crippen molar-refractivity contribution in [1.82, 2.24) is 4.90 Å². The van der Waals surface area contributed by atoms with Crippen LogP contribution in [0.25, 0.3) is 6.08 Å². The van der Waals surface area contributed by atoms with Crippen LogP contribution in [0, 0.1) is 0 Å². The lowest BCUT2D eigenvalue weighted by molar-refractivity contribution is -0.121. The summed E-state index contributed by atoms with van der Waals surface area (Å²) in [5, 5.41) is 0. The molecule has 0 spiro atoms. The first-order valence-corrected chi connectivity index (χ1v) is 9.22. The number of methoxy groups -OCH3 is 1. The second-order valence-corrected chi connectivity index (χ2v) is 6.78. The van der Waals surface area contributed by atoms with Crippen LogP contribution in [0.2, 0.25) is 0 Å². The number of amides is 1. The number of carbonyl (C=O) groups excluding carboxylic acids is 1. The van der Waals surface area contributed by atoms with Gasteiger partial charge in [-0.25, -0.2) is 0 Å². The molecule has 0 radical (unpaired) electrons. The van der Waals surface area contributed by atoms with Crippen molar-refractivity contribution in [3.63, 3.8) is 0 Å². The van der Waals surface area contributed by atoms with Crippen LogP contribution in [-0.2, 0) is 14.3 Å². The summed E-state index contributed by atoms with van der Waals surface area (Å²) in [5.74, 6) is 1.54. The summed E-state index contributed by atoms with van der Waals surface area (Å²) in [6, 6.07) is 7.61. The Morgan fingerprint density at radius 3 is 2.76 bits per heavy atom. The van der Waals surface area contributed by atoms with E-state index in [0.29, 0.717) is 24.1 Å². The maximum atomic E-state index is 11.9. The zero-order valence-corrected chi connectivity index (χ0v) is 15.7. The van der Waals surface area contributed by atoms with Gasteiger partial charge in [0.25, 0.3) is 5.91 Å². The van der Waals surface area contributed by atoms with E-state index in [2.05, 4.69) is 0 Å². The summed E-state index contributed by atoms with van der Waals surface area (Å²) < 4.78 is 16.2. The van der Waals surface area contributed by atoms with Crippen LogP contribution < -0.4 is 4.74 Å². The van der Waals surface area contributed by atoms with Gasteiger partial charge in [0.2, 0.25) is 0 Å². The van der Waals surface area contributed by atoms with E-state index in [1.807, 2.05) is 36.4 Å². The molecule has 0 bridgehead atoms. The van der Waals surface area contributed by atoms with Crippen LogP contribution >= 0.6 is 24.0 Å². The lowest BCUT2D eigenvalue weighted by Crippen LogP contribution is -2.28. The third kappa shape index (κ3) is 6.99. The van der Waals surface area contributed by atoms with Gasteiger partial charge in [0.05, 0.1) is 13.2 Å². The van der Waals surface area contributed by atoms with E-state index in [-0.39, 0.29) is 12.7 Å². The summed E-state index contributed by atoms with van der Waals surface area (Å²) in [6.45, 7) is 1.93. The fraction of sp³-hybridized carbons (Fsp3) is 0.333. The Morgan fingerprint density at radius 1 is 1.28 bits per heavy atom. The van der Waals surface area contributed by atoms with Crippen LogP contribution in [0.15, 0.2) is 42.5 Å². The van der Waals surface area contributed by atoms with Crippen molar-refractivity contribution in [3.8, 4) is 5.75 Å². The topological polar surface area (TPSA) is 48.0 Å². The van der Waals surface area contributed by atoms with Gasteiger partial charge in [-0.2, -0.15) is 0 Å². The zero-order chi connectivity index (χ0) is 17.9. The third-order valence-electron chi connectivity index (χ3n) is 3.29. The summed E-state index contributed by atoms with van der Waals surface area (Å²) in [7, 11) is 1.63. The molecule has 0 saturated carbocycles. The van der Waals surface area contributed by atoms with Crippen molar-refractivity contribution < 1.29 is 19.0 Å². The molecule has 0 aromatic heterocycles. The fourth-order valence-electron chi connectivity index (χ4n) is 1.97. The molecule has 0 atom stereocenters. The van der Waals surface area contributed by atoms with Gasteiger partial charge in [-0.15, -0.1) is 0 Å². The molecule has 25 heavy (non-hydrogen) atoms. The molecule has 1 heterocycles. The zero-order valence-electron chi connectivity index (χ0n) is 14.1. The van der Waals surface area contributed by atoms with Gasteiger partial charge in [0.1, 0.15) is 10.1 Å². The smallest absolute Gasteiger partial charge is 0.252 e. The summed E-state index contributed by atoms with van der Waals surface area (Å²) in [4.78, 5) is 13.6. The van der Waals surface area contributed by atoms with Crippen LogP contribution in [-0.4, -0.2) is 54.5 Å². The quantitative estimate of drug-likeness (QED) is 0.216. The Balaban J connectivity index is 1.74. The largest absolute Gasteiger partial charge is 0.468 e. The van der Waals surface area contributed by atoms with Crippen LogP contribution in [0.5, 0.6) is 5.75 Å². The SMILES string of the molecule is COCCOCOc1ccc(C=CC=CC(=O)N2CCSC2=S)cc1. The first kappa shape index (κ1) is 19.7. The molecule has 5 nitrogen and oxygen atoms in total. The first-order chi connectivity index (χ1) is 12.2. The Morgan fingerprint density at radius 2 is 2.08 bits per heavy atom. The first-order valence-electron chi connectivity index (χ1n) is 7.83. The van der Waals surface area contributed by atoms with Gasteiger partial charge in [0, 0.05) is 25.5 Å². The molecule has 1 aromatic rings. The molecule has 0 aliphatic carbocycles. The van der Waals surface area contributed by atoms with E-state index >= 15 is 0 Å². The van der Waals surface area contributed by atoms with Crippen molar-refractivity contribution in [1.29, 1.82) is 0 Å². The molecule has 1 aliphatic heterocycles. The number of thiocarbonyl (C=S) groups is 1. The van der Waals surface area contributed by atoms with Crippen molar-refractivity contribution >= 4 is 40.3 Å². The highest BCUT2D eigenvalue weighted by molar-refractivity contribution is 8.23. The normalized spacial score (nSPS) is 14.8. The lowest BCUT2D eigenvalue weighted by atomic mass is 10.2. The minimum atomic E-state index is -0.0723. The third-order valence-corrected chi connectivity index (χ3v) is 4.71. The molecule has 134 valence electrons. The highest BCUT2D eigenvalue weighted by Crippen LogP contribution is 2.18. The molecule has 2 rings (SSSR count). The van der Waals surface area contributed by atoms with Gasteiger partial charge in [-0.1, -0.05) is 54.3 Å². The Kier molecular flexibility index (Phi) is 8.68. The molecule has 0 N–H and O–H groups in total. The maximum absolute atomic E-state index is 11.9. The lowest BCUT2D eigenvalue weighted by Gasteiger charge is -2.10. The number of allylic oxidation sites excluding steroid dienone is 2. The summed E-state index contributed by atoms with van der Waals surface area (Å²) >= 11 is 6.66. The van der Waals surface area contributed by atoms with Crippen molar-refractivity contribution in [2.45, 2.75) is 0 Å². The van der Waals surface area contributed by atoms with E-state index in [9.17, 15) is 4.79 Å². The molecule has 7 heteroatoms. The average Bonchev–Trinajstić information content (AvgIpc) is 3.05. The Hall–Kier alpha value is -1.67. The molecule has 1 amide bonds. The van der Waals surface area contributed by atoms with Crippen molar-refractivity contribution in [2.24, 2.45) is 0 Å². The number of rotatable bonds is 9. The van der Waals surface area contributed by atoms with Crippen molar-refractivity contribution in [3.05, 3.63) is 48.1 Å². The van der Waals surface area contributed by atoms with E-state index in [4.69, 9.17) is 26.4 Å². The van der Waals surface area contributed by atoms with Crippen LogP contribution in [0.1, 0.15) is 5.56 Å². The van der Waals surface area contributed by atoms with Crippen LogP contribution in [0.4, 0.5) is 0 Å². The molecule has 1 aromatic carbocycles. The van der Waals surface area contributed by atoms with Gasteiger partial charge < -0.3 is 14.2 Å². The number of ether oxygens (including phenoxy) is 3. The highest BCUT2D eigenvalue weighted by Gasteiger charge is 2.21. The number of hydrogen-bond donors (Lipinski definition) is 0. The van der Waals surface area contributed by atoms with Crippen molar-refractivity contribution in [2.75, 3.05) is 39.4 Å². The van der Waals surface area contributed by atoms with Gasteiger partial charge in [-0.3, -0.25) is 9.69 Å². The molecule has 1 saturated heterocycles. The molecular weight excluding hydrogens is 358 g/mol. The minimum Gasteiger partial charge on any atom is -0.468 e. The molecule has 1 aliphatic rings. The highest BCUT2D eigenvalue weighted by atomic mass is 32.2. The monoisotopic (exact) mass is 379 g/mol. The minimum absolute atomic E-state index is 0.0723. The molecule has 1 fully saturated rings. The Labute approximate surface area is 157 Å². The number of hydrogen-bond acceptors (Lipinski definition) is 6. The predicted octanol–water partition coefficient (Wildman–Crippen LogP) is 3.12. The number of benzene rings is 1. The van der Waals surface area contributed by atoms with Crippen LogP contribution in [0.3, 0.4) is 0 Å². The average molecular weight is 380 g/mol. The van der Waals surface area contributed by atoms with E-state index < -0.39 is 0 Å². The number of nitrogens with zero attached hydrogens (tertiary/aromatic N) is 1. The number of thioether (sulfide) groups is 1. The standard InChI is InChI=1S/C18H21NO4S2/c1-21-11-12-22-14-23-16-8-6-15(7-9-16)4-2-3-5-17(20)19-10-13-25-18(19)24/h2-9H,10-14H2,1H3. The predicted molar refractivity (Wildman–Crippen MR) is 105 cm³/mol.